The highest BCUT2D eigenvalue weighted by atomic mass is 32.2. The van der Waals surface area contributed by atoms with Crippen molar-refractivity contribution in [1.82, 2.24) is 20.2 Å². The summed E-state index contributed by atoms with van der Waals surface area (Å²) in [6.07, 6.45) is 1.84. The van der Waals surface area contributed by atoms with Crippen LogP contribution >= 0.6 is 11.8 Å². The first-order valence-electron chi connectivity index (χ1n) is 7.70. The summed E-state index contributed by atoms with van der Waals surface area (Å²) in [5, 5.41) is 8.00. The Kier molecular flexibility index (Phi) is 4.85. The molecule has 0 bridgehead atoms. The van der Waals surface area contributed by atoms with Gasteiger partial charge in [-0.15, -0.1) is 5.10 Å². The van der Waals surface area contributed by atoms with Crippen LogP contribution < -0.4 is 4.74 Å². The lowest BCUT2D eigenvalue weighted by atomic mass is 10.1. The molecule has 0 amide bonds. The van der Waals surface area contributed by atoms with Gasteiger partial charge < -0.3 is 4.74 Å². The molecule has 0 aliphatic heterocycles. The fourth-order valence-corrected chi connectivity index (χ4v) is 3.32. The topological polar surface area (TPSA) is 63.7 Å². The molecule has 1 N–H and O–H groups in total. The first-order chi connectivity index (χ1) is 11.6. The number of aromatic amines is 1. The van der Waals surface area contributed by atoms with Crippen molar-refractivity contribution in [1.29, 1.82) is 0 Å². The second-order valence-electron chi connectivity index (χ2n) is 5.67. The molecule has 0 aliphatic rings. The van der Waals surface area contributed by atoms with Crippen molar-refractivity contribution in [2.45, 2.75) is 31.7 Å². The molecule has 2 aromatic heterocycles. The average molecular weight is 340 g/mol. The molecule has 0 atom stereocenters. The number of hydrogen-bond acceptors (Lipinski definition) is 5. The Morgan fingerprint density at radius 1 is 1.12 bits per heavy atom. The highest BCUT2D eigenvalue weighted by Gasteiger charge is 2.12. The number of pyridine rings is 1. The standard InChI is InChI=1S/C18H20N4OS/c1-11-5-7-14(8-6-11)17-20-18(22-21-17)24-10-15-13(3)16(23-4)12(2)9-19-15/h5-9H,10H2,1-4H3,(H,20,21,22). The minimum atomic E-state index is 0.702. The zero-order chi connectivity index (χ0) is 17.1. The Morgan fingerprint density at radius 3 is 2.58 bits per heavy atom. The Labute approximate surface area is 145 Å². The second kappa shape index (κ2) is 7.05. The Balaban J connectivity index is 1.73. The number of thioether (sulfide) groups is 1. The molecule has 3 rings (SSSR count). The molecule has 0 fully saturated rings. The van der Waals surface area contributed by atoms with Crippen LogP contribution in [-0.2, 0) is 5.75 Å². The van der Waals surface area contributed by atoms with Gasteiger partial charge in [0.15, 0.2) is 5.82 Å². The molecule has 1 aromatic carbocycles. The van der Waals surface area contributed by atoms with E-state index in [0.29, 0.717) is 10.9 Å². The summed E-state index contributed by atoms with van der Waals surface area (Å²) < 4.78 is 5.45. The van der Waals surface area contributed by atoms with Crippen molar-refractivity contribution in [3.05, 3.63) is 52.8 Å². The third kappa shape index (κ3) is 3.43. The second-order valence-corrected chi connectivity index (χ2v) is 6.61. The van der Waals surface area contributed by atoms with E-state index in [9.17, 15) is 0 Å². The van der Waals surface area contributed by atoms with Gasteiger partial charge in [0.05, 0.1) is 12.8 Å². The molecule has 0 saturated heterocycles. The van der Waals surface area contributed by atoms with Gasteiger partial charge in [0.25, 0.3) is 0 Å². The summed E-state index contributed by atoms with van der Waals surface area (Å²) >= 11 is 1.56. The van der Waals surface area contributed by atoms with Gasteiger partial charge in [0.1, 0.15) is 5.75 Å². The lowest BCUT2D eigenvalue weighted by Crippen LogP contribution is -1.98. The summed E-state index contributed by atoms with van der Waals surface area (Å²) in [4.78, 5) is 9.06. The normalized spacial score (nSPS) is 10.8. The van der Waals surface area contributed by atoms with E-state index in [-0.39, 0.29) is 0 Å². The van der Waals surface area contributed by atoms with Crippen molar-refractivity contribution in [2.24, 2.45) is 0 Å². The van der Waals surface area contributed by atoms with Crippen LogP contribution in [0.4, 0.5) is 0 Å². The Morgan fingerprint density at radius 2 is 1.88 bits per heavy atom. The third-order valence-electron chi connectivity index (χ3n) is 3.88. The quantitative estimate of drug-likeness (QED) is 0.709. The fraction of sp³-hybridized carbons (Fsp3) is 0.278. The van der Waals surface area contributed by atoms with Gasteiger partial charge in [-0.3, -0.25) is 10.1 Å². The van der Waals surface area contributed by atoms with E-state index in [2.05, 4.69) is 39.2 Å². The van der Waals surface area contributed by atoms with E-state index in [1.165, 1.54) is 5.56 Å². The lowest BCUT2D eigenvalue weighted by molar-refractivity contribution is 0.407. The maximum atomic E-state index is 5.45. The predicted molar refractivity (Wildman–Crippen MR) is 96.4 cm³/mol. The maximum absolute atomic E-state index is 5.45. The number of H-pyrrole nitrogens is 1. The number of nitrogens with one attached hydrogen (secondary N) is 1. The van der Waals surface area contributed by atoms with Gasteiger partial charge in [0, 0.05) is 28.6 Å². The first-order valence-corrected chi connectivity index (χ1v) is 8.68. The SMILES string of the molecule is COc1c(C)cnc(CSc2n[nH]c(-c3ccc(C)cc3)n2)c1C. The predicted octanol–water partition coefficient (Wildman–Crippen LogP) is 4.09. The number of aryl methyl sites for hydroxylation is 2. The van der Waals surface area contributed by atoms with Gasteiger partial charge in [-0.05, 0) is 20.8 Å². The van der Waals surface area contributed by atoms with Crippen LogP contribution in [0.2, 0.25) is 0 Å². The number of methoxy groups -OCH3 is 1. The molecule has 0 saturated carbocycles. The molecule has 0 unspecified atom stereocenters. The smallest absolute Gasteiger partial charge is 0.209 e. The van der Waals surface area contributed by atoms with E-state index >= 15 is 0 Å². The van der Waals surface area contributed by atoms with Gasteiger partial charge in [0.2, 0.25) is 5.16 Å². The van der Waals surface area contributed by atoms with Crippen LogP contribution in [0.1, 0.15) is 22.4 Å². The van der Waals surface area contributed by atoms with E-state index < -0.39 is 0 Å². The highest BCUT2D eigenvalue weighted by molar-refractivity contribution is 7.98. The van der Waals surface area contributed by atoms with Crippen molar-refractivity contribution >= 4 is 11.8 Å². The van der Waals surface area contributed by atoms with Crippen molar-refractivity contribution in [2.75, 3.05) is 7.11 Å². The molecule has 124 valence electrons. The number of nitrogens with zero attached hydrogens (tertiary/aromatic N) is 3. The summed E-state index contributed by atoms with van der Waals surface area (Å²) in [6.45, 7) is 6.10. The minimum Gasteiger partial charge on any atom is -0.496 e. The largest absolute Gasteiger partial charge is 0.496 e. The Hall–Kier alpha value is -2.34. The molecule has 2 heterocycles. The van der Waals surface area contributed by atoms with Crippen LogP contribution in [0.3, 0.4) is 0 Å². The molecule has 3 aromatic rings. The lowest BCUT2D eigenvalue weighted by Gasteiger charge is -2.11. The van der Waals surface area contributed by atoms with Crippen LogP contribution in [0.25, 0.3) is 11.4 Å². The third-order valence-corrected chi connectivity index (χ3v) is 4.74. The van der Waals surface area contributed by atoms with Crippen LogP contribution in [0, 0.1) is 20.8 Å². The number of rotatable bonds is 5. The zero-order valence-corrected chi connectivity index (χ0v) is 15.1. The first kappa shape index (κ1) is 16.5. The van der Waals surface area contributed by atoms with Crippen molar-refractivity contribution in [3.63, 3.8) is 0 Å². The van der Waals surface area contributed by atoms with Crippen molar-refractivity contribution in [3.8, 4) is 17.1 Å². The number of ether oxygens (including phenoxy) is 1. The molecule has 0 spiro atoms. The Bertz CT molecular complexity index is 843. The van der Waals surface area contributed by atoms with Gasteiger partial charge in [-0.2, -0.15) is 0 Å². The molecule has 0 aliphatic carbocycles. The van der Waals surface area contributed by atoms with Crippen LogP contribution in [-0.4, -0.2) is 27.3 Å². The van der Waals surface area contributed by atoms with E-state index in [1.807, 2.05) is 32.2 Å². The molecular weight excluding hydrogens is 320 g/mol. The number of aromatic nitrogens is 4. The van der Waals surface area contributed by atoms with Gasteiger partial charge in [-0.1, -0.05) is 41.6 Å². The van der Waals surface area contributed by atoms with Crippen LogP contribution in [0.5, 0.6) is 5.75 Å². The molecular formula is C18H20N4OS. The molecule has 0 radical (unpaired) electrons. The molecule has 6 heteroatoms. The van der Waals surface area contributed by atoms with E-state index in [4.69, 9.17) is 4.74 Å². The van der Waals surface area contributed by atoms with Gasteiger partial charge >= 0.3 is 0 Å². The monoisotopic (exact) mass is 340 g/mol. The van der Waals surface area contributed by atoms with Gasteiger partial charge in [-0.25, -0.2) is 4.98 Å². The zero-order valence-electron chi connectivity index (χ0n) is 14.3. The summed E-state index contributed by atoms with van der Waals surface area (Å²) in [5.41, 5.74) is 5.36. The number of benzene rings is 1. The molecule has 24 heavy (non-hydrogen) atoms. The van der Waals surface area contributed by atoms with E-state index in [1.54, 1.807) is 18.9 Å². The van der Waals surface area contributed by atoms with Crippen molar-refractivity contribution < 1.29 is 4.74 Å². The highest BCUT2D eigenvalue weighted by Crippen LogP contribution is 2.28. The maximum Gasteiger partial charge on any atom is 0.209 e. The minimum absolute atomic E-state index is 0.702. The fourth-order valence-electron chi connectivity index (χ4n) is 2.50. The average Bonchev–Trinajstić information content (AvgIpc) is 3.04. The summed E-state index contributed by atoms with van der Waals surface area (Å²) in [6, 6.07) is 8.22. The van der Waals surface area contributed by atoms with E-state index in [0.717, 1.165) is 34.0 Å². The summed E-state index contributed by atoms with van der Waals surface area (Å²) in [5.74, 6) is 2.38. The molecule has 5 nitrogen and oxygen atoms in total. The number of hydrogen-bond donors (Lipinski definition) is 1. The van der Waals surface area contributed by atoms with Crippen LogP contribution in [0.15, 0.2) is 35.6 Å². The summed E-state index contributed by atoms with van der Waals surface area (Å²) in [7, 11) is 1.69.